The Kier molecular flexibility index (Phi) is 12.7. The minimum atomic E-state index is -2.83. The normalized spacial score (nSPS) is 14.5. The highest BCUT2D eigenvalue weighted by Crippen LogP contribution is 2.45. The van der Waals surface area contributed by atoms with Gasteiger partial charge in [0, 0.05) is 27.3 Å². The molecule has 3 aromatic rings. The van der Waals surface area contributed by atoms with Gasteiger partial charge in [-0.05, 0) is 66.8 Å². The summed E-state index contributed by atoms with van der Waals surface area (Å²) in [6.07, 6.45) is 4.70. The number of hydrogen-bond acceptors (Lipinski definition) is 4. The monoisotopic (exact) mass is 531 g/mol. The first-order valence-electron chi connectivity index (χ1n) is 10.9. The van der Waals surface area contributed by atoms with Crippen molar-refractivity contribution in [3.8, 4) is 5.75 Å². The van der Waals surface area contributed by atoms with Crippen molar-refractivity contribution in [2.24, 2.45) is 4.99 Å². The van der Waals surface area contributed by atoms with E-state index in [1.807, 2.05) is 80.6 Å². The Bertz CT molecular complexity index is 1110. The predicted octanol–water partition coefficient (Wildman–Crippen LogP) is 9.94. The second-order valence-electron chi connectivity index (χ2n) is 7.14. The zero-order valence-electron chi connectivity index (χ0n) is 19.6. The van der Waals surface area contributed by atoms with Crippen LogP contribution in [0.4, 0.5) is 14.5 Å². The first-order valence-corrected chi connectivity index (χ1v) is 12.7. The van der Waals surface area contributed by atoms with Gasteiger partial charge in [0.25, 0.3) is 0 Å². The molecule has 1 unspecified atom stereocenters. The topological polar surface area (TPSA) is 21.6 Å². The predicted molar refractivity (Wildman–Crippen MR) is 150 cm³/mol. The van der Waals surface area contributed by atoms with Crippen LogP contribution in [0.25, 0.3) is 0 Å². The molecule has 2 nitrogen and oxygen atoms in total. The molecule has 0 radical (unpaired) electrons. The molecule has 0 aromatic heterocycles. The zero-order valence-corrected chi connectivity index (χ0v) is 22.0. The molecule has 0 N–H and O–H groups in total. The largest absolute Gasteiger partial charge is 0.435 e. The van der Waals surface area contributed by atoms with Gasteiger partial charge in [-0.1, -0.05) is 66.7 Å². The van der Waals surface area contributed by atoms with Crippen molar-refractivity contribution in [3.63, 3.8) is 0 Å². The van der Waals surface area contributed by atoms with E-state index in [1.54, 1.807) is 23.9 Å². The number of para-hydroxylation sites is 1. The highest BCUT2D eigenvalue weighted by molar-refractivity contribution is 7.99. The minimum absolute atomic E-state index is 0.0960. The smallest absolute Gasteiger partial charge is 0.387 e. The van der Waals surface area contributed by atoms with Crippen LogP contribution in [-0.2, 0) is 0 Å². The number of aliphatic imine (C=N–C) groups is 1. The van der Waals surface area contributed by atoms with Crippen molar-refractivity contribution in [2.45, 2.75) is 37.0 Å². The molecular formula is C28H28ClF2NOS2. The van der Waals surface area contributed by atoms with E-state index < -0.39 is 6.61 Å². The first-order chi connectivity index (χ1) is 16.9. The van der Waals surface area contributed by atoms with Gasteiger partial charge >= 0.3 is 6.61 Å². The van der Waals surface area contributed by atoms with Crippen LogP contribution in [0.5, 0.6) is 5.75 Å². The van der Waals surface area contributed by atoms with E-state index in [4.69, 9.17) is 16.6 Å². The van der Waals surface area contributed by atoms with Crippen LogP contribution in [0.15, 0.2) is 107 Å². The lowest BCUT2D eigenvalue weighted by atomic mass is 10.0. The van der Waals surface area contributed by atoms with Gasteiger partial charge in [-0.25, -0.2) is 0 Å². The number of allylic oxidation sites excluding steroid dienone is 2. The van der Waals surface area contributed by atoms with Gasteiger partial charge in [0.15, 0.2) is 0 Å². The van der Waals surface area contributed by atoms with E-state index in [2.05, 4.69) is 30.0 Å². The molecule has 4 rings (SSSR count). The summed E-state index contributed by atoms with van der Waals surface area (Å²) >= 11 is 11.3. The van der Waals surface area contributed by atoms with E-state index in [0.29, 0.717) is 11.4 Å². The summed E-state index contributed by atoms with van der Waals surface area (Å²) in [5, 5.41) is 2.22. The number of thioether (sulfide) groups is 1. The van der Waals surface area contributed by atoms with Crippen molar-refractivity contribution in [1.29, 1.82) is 0 Å². The fraction of sp³-hybridized carbons (Fsp3) is 0.179. The number of halogens is 3. The Labute approximate surface area is 221 Å². The third-order valence-corrected chi connectivity index (χ3v) is 6.33. The summed E-state index contributed by atoms with van der Waals surface area (Å²) in [6.45, 7) is 4.40. The van der Waals surface area contributed by atoms with Crippen molar-refractivity contribution in [3.05, 3.63) is 113 Å². The van der Waals surface area contributed by atoms with Crippen LogP contribution in [-0.4, -0.2) is 12.3 Å². The number of rotatable bonds is 4. The molecule has 7 heteroatoms. The second kappa shape index (κ2) is 15.5. The fourth-order valence-electron chi connectivity index (χ4n) is 3.09. The molecule has 0 fully saturated rings. The summed E-state index contributed by atoms with van der Waals surface area (Å²) in [5.41, 5.74) is 3.94. The zero-order chi connectivity index (χ0) is 25.6. The number of benzene rings is 3. The molecule has 3 aromatic carbocycles. The van der Waals surface area contributed by atoms with Gasteiger partial charge in [0.1, 0.15) is 5.75 Å². The van der Waals surface area contributed by atoms with Crippen molar-refractivity contribution >= 4 is 47.4 Å². The Morgan fingerprint density at radius 3 is 2.20 bits per heavy atom. The molecule has 0 spiro atoms. The summed E-state index contributed by atoms with van der Waals surface area (Å²) in [4.78, 5) is 5.99. The van der Waals surface area contributed by atoms with Crippen LogP contribution in [0.2, 0.25) is 5.02 Å². The SMILES string of the molecule is C/C=C\C.C=CS.FC(F)Oc1ccc(C2CC(c3ccc(Cl)cc3)=Nc3ccccc3S2)cc1. The Balaban J connectivity index is 0.000000551. The van der Waals surface area contributed by atoms with Crippen LogP contribution in [0.3, 0.4) is 0 Å². The van der Waals surface area contributed by atoms with Gasteiger partial charge in [-0.15, -0.1) is 11.8 Å². The summed E-state index contributed by atoms with van der Waals surface area (Å²) < 4.78 is 29.3. The highest BCUT2D eigenvalue weighted by Gasteiger charge is 2.22. The lowest BCUT2D eigenvalue weighted by molar-refractivity contribution is -0.0498. The third-order valence-electron chi connectivity index (χ3n) is 4.76. The number of thiol groups is 1. The summed E-state index contributed by atoms with van der Waals surface area (Å²) in [7, 11) is 0. The van der Waals surface area contributed by atoms with Crippen LogP contribution in [0.1, 0.15) is 36.6 Å². The maximum Gasteiger partial charge on any atom is 0.387 e. The molecular weight excluding hydrogens is 504 g/mol. The van der Waals surface area contributed by atoms with Gasteiger partial charge in [0.2, 0.25) is 0 Å². The standard InChI is InChI=1S/C22H16ClF2NOS.C4H8.C2H4S/c23-16-9-5-14(6-10-16)19-13-21(28-20-4-2-1-3-18(20)26-19)15-7-11-17(12-8-15)27-22(24)25;1-3-4-2;1-2-3/h1-12,21-22H,13H2;3-4H,1-2H3;2-3H,1H2/b;4-3-;. The first kappa shape index (κ1) is 28.7. The van der Waals surface area contributed by atoms with E-state index >= 15 is 0 Å². The van der Waals surface area contributed by atoms with Crippen LogP contribution < -0.4 is 4.74 Å². The van der Waals surface area contributed by atoms with Gasteiger partial charge in [-0.2, -0.15) is 21.4 Å². The Morgan fingerprint density at radius 1 is 1.03 bits per heavy atom. The van der Waals surface area contributed by atoms with E-state index in [1.165, 1.54) is 5.41 Å². The average molecular weight is 532 g/mol. The molecule has 0 aliphatic carbocycles. The average Bonchev–Trinajstić information content (AvgIpc) is 3.05. The molecule has 184 valence electrons. The number of ether oxygens (including phenoxy) is 1. The quantitative estimate of drug-likeness (QED) is 0.267. The lowest BCUT2D eigenvalue weighted by Crippen LogP contribution is -2.06. The molecule has 1 heterocycles. The van der Waals surface area contributed by atoms with Gasteiger partial charge < -0.3 is 4.74 Å². The summed E-state index contributed by atoms with van der Waals surface area (Å²) in [5.74, 6) is 0.157. The van der Waals surface area contributed by atoms with Crippen molar-refractivity contribution in [2.75, 3.05) is 0 Å². The molecule has 0 saturated heterocycles. The molecule has 0 bridgehead atoms. The molecule has 1 aliphatic rings. The van der Waals surface area contributed by atoms with E-state index in [-0.39, 0.29) is 11.0 Å². The van der Waals surface area contributed by atoms with E-state index in [9.17, 15) is 8.78 Å². The third kappa shape index (κ3) is 9.55. The Hall–Kier alpha value is -2.54. The fourth-order valence-corrected chi connectivity index (χ4v) is 4.44. The number of hydrogen-bond donors (Lipinski definition) is 1. The maximum atomic E-state index is 12.4. The van der Waals surface area contributed by atoms with Gasteiger partial charge in [0.05, 0.1) is 5.69 Å². The van der Waals surface area contributed by atoms with Crippen LogP contribution >= 0.6 is 36.0 Å². The van der Waals surface area contributed by atoms with Crippen molar-refractivity contribution in [1.82, 2.24) is 0 Å². The number of nitrogens with zero attached hydrogens (tertiary/aromatic N) is 1. The summed E-state index contributed by atoms with van der Waals surface area (Å²) in [6, 6.07) is 22.5. The maximum absolute atomic E-state index is 12.4. The Morgan fingerprint density at radius 2 is 1.63 bits per heavy atom. The highest BCUT2D eigenvalue weighted by atomic mass is 35.5. The lowest BCUT2D eigenvalue weighted by Gasteiger charge is -2.17. The molecule has 1 atom stereocenters. The van der Waals surface area contributed by atoms with Gasteiger partial charge in [-0.3, -0.25) is 4.99 Å². The van der Waals surface area contributed by atoms with Crippen molar-refractivity contribution < 1.29 is 13.5 Å². The molecule has 35 heavy (non-hydrogen) atoms. The number of fused-ring (bicyclic) bond motifs is 1. The van der Waals surface area contributed by atoms with Crippen LogP contribution in [0, 0.1) is 0 Å². The number of alkyl halides is 2. The molecule has 0 saturated carbocycles. The molecule has 0 amide bonds. The molecule has 1 aliphatic heterocycles. The second-order valence-corrected chi connectivity index (χ2v) is 9.19. The minimum Gasteiger partial charge on any atom is -0.435 e. The van der Waals surface area contributed by atoms with E-state index in [0.717, 1.165) is 27.4 Å².